The third-order valence-electron chi connectivity index (χ3n) is 4.59. The van der Waals surface area contributed by atoms with Crippen molar-refractivity contribution in [3.8, 4) is 0 Å². The van der Waals surface area contributed by atoms with Crippen molar-refractivity contribution < 1.29 is 9.47 Å². The molecule has 1 saturated carbocycles. The minimum Gasteiger partial charge on any atom is -0.373 e. The summed E-state index contributed by atoms with van der Waals surface area (Å²) in [6, 6.07) is 0.283. The van der Waals surface area contributed by atoms with Gasteiger partial charge in [-0.1, -0.05) is 0 Å². The lowest BCUT2D eigenvalue weighted by atomic mass is 9.90. The molecule has 1 aliphatic carbocycles. The molecular weight excluding hydrogens is 282 g/mol. The van der Waals surface area contributed by atoms with Crippen LogP contribution in [0, 0.1) is 12.3 Å². The van der Waals surface area contributed by atoms with Crippen molar-refractivity contribution in [2.24, 2.45) is 4.99 Å². The molecule has 22 heavy (non-hydrogen) atoms. The van der Waals surface area contributed by atoms with Gasteiger partial charge in [0.05, 0.1) is 30.5 Å². The van der Waals surface area contributed by atoms with Gasteiger partial charge in [0.1, 0.15) is 5.82 Å². The van der Waals surface area contributed by atoms with E-state index in [4.69, 9.17) is 14.9 Å². The molecule has 0 aromatic carbocycles. The molecule has 0 unspecified atom stereocenters. The molecule has 120 valence electrons. The van der Waals surface area contributed by atoms with Crippen molar-refractivity contribution in [1.29, 1.82) is 5.41 Å². The van der Waals surface area contributed by atoms with E-state index in [2.05, 4.69) is 22.1 Å². The predicted octanol–water partition coefficient (Wildman–Crippen LogP) is 2.12. The molecule has 2 fully saturated rings. The first kappa shape index (κ1) is 15.2. The smallest absolute Gasteiger partial charge is 0.168 e. The summed E-state index contributed by atoms with van der Waals surface area (Å²) in [5.41, 5.74) is 1.53. The van der Waals surface area contributed by atoms with E-state index in [0.29, 0.717) is 13.2 Å². The van der Waals surface area contributed by atoms with Gasteiger partial charge in [-0.25, -0.2) is 9.67 Å². The molecular formula is C15H23N5O2. The minimum absolute atomic E-state index is 0.155. The molecule has 1 aliphatic heterocycles. The second-order valence-electron chi connectivity index (χ2n) is 5.85. The van der Waals surface area contributed by atoms with Crippen LogP contribution in [-0.4, -0.2) is 48.4 Å². The molecule has 0 atom stereocenters. The number of amidine groups is 1. The lowest BCUT2D eigenvalue weighted by Gasteiger charge is -2.35. The number of hydrogen-bond donors (Lipinski definition) is 2. The van der Waals surface area contributed by atoms with Gasteiger partial charge in [0.2, 0.25) is 0 Å². The normalized spacial score (nSPS) is 21.2. The molecule has 0 bridgehead atoms. The van der Waals surface area contributed by atoms with Crippen LogP contribution in [0.1, 0.15) is 43.0 Å². The first-order valence-electron chi connectivity index (χ1n) is 7.70. The third kappa shape index (κ3) is 2.44. The fourth-order valence-corrected chi connectivity index (χ4v) is 3.49. The van der Waals surface area contributed by atoms with Crippen LogP contribution >= 0.6 is 0 Å². The maximum atomic E-state index is 7.96. The van der Waals surface area contributed by atoms with Gasteiger partial charge in [-0.15, -0.1) is 0 Å². The zero-order valence-corrected chi connectivity index (χ0v) is 13.2. The van der Waals surface area contributed by atoms with Crippen molar-refractivity contribution in [3.63, 3.8) is 0 Å². The highest BCUT2D eigenvalue weighted by molar-refractivity contribution is 6.04. The molecule has 1 aromatic heterocycles. The van der Waals surface area contributed by atoms with Crippen molar-refractivity contribution in [2.75, 3.05) is 25.6 Å². The van der Waals surface area contributed by atoms with Gasteiger partial charge >= 0.3 is 0 Å². The SMILES string of the molecule is C=NC(=N)c1c(C)nn(C2CCC3(CC2)OCCO3)c1NC. The van der Waals surface area contributed by atoms with Gasteiger partial charge in [0.25, 0.3) is 0 Å². The first-order valence-corrected chi connectivity index (χ1v) is 7.70. The fraction of sp³-hybridized carbons (Fsp3) is 0.667. The van der Waals surface area contributed by atoms with Crippen LogP contribution < -0.4 is 5.32 Å². The Morgan fingerprint density at radius 1 is 1.41 bits per heavy atom. The van der Waals surface area contributed by atoms with Crippen LogP contribution in [-0.2, 0) is 9.47 Å². The minimum atomic E-state index is -0.364. The highest BCUT2D eigenvalue weighted by Gasteiger charge is 2.41. The average Bonchev–Trinajstić information content (AvgIpc) is 3.12. The maximum Gasteiger partial charge on any atom is 0.168 e. The molecule has 0 amide bonds. The standard InChI is InChI=1S/C15H23N5O2/c1-10-12(13(16)17-2)14(18-3)20(19-10)11-4-6-15(7-5-11)21-8-9-22-15/h11,16,18H,2,4-9H2,1,3H3. The van der Waals surface area contributed by atoms with Crippen LogP contribution in [0.5, 0.6) is 0 Å². The third-order valence-corrected chi connectivity index (χ3v) is 4.59. The summed E-state index contributed by atoms with van der Waals surface area (Å²) in [4.78, 5) is 3.74. The Bertz CT molecular complexity index is 579. The quantitative estimate of drug-likeness (QED) is 0.661. The largest absolute Gasteiger partial charge is 0.373 e. The summed E-state index contributed by atoms with van der Waals surface area (Å²) in [5.74, 6) is 0.628. The van der Waals surface area contributed by atoms with E-state index in [9.17, 15) is 0 Å². The van der Waals surface area contributed by atoms with E-state index in [-0.39, 0.29) is 17.7 Å². The van der Waals surface area contributed by atoms with Crippen molar-refractivity contribution in [2.45, 2.75) is 44.4 Å². The lowest BCUT2D eigenvalue weighted by molar-refractivity contribution is -0.181. The van der Waals surface area contributed by atoms with Crippen LogP contribution in [0.25, 0.3) is 0 Å². The Morgan fingerprint density at radius 3 is 2.59 bits per heavy atom. The number of anilines is 1. The van der Waals surface area contributed by atoms with E-state index in [1.807, 2.05) is 18.7 Å². The van der Waals surface area contributed by atoms with Crippen LogP contribution in [0.15, 0.2) is 4.99 Å². The molecule has 1 spiro atoms. The summed E-state index contributed by atoms with van der Waals surface area (Å²) in [7, 11) is 1.85. The molecule has 7 heteroatoms. The molecule has 1 aromatic rings. The van der Waals surface area contributed by atoms with Gasteiger partial charge < -0.3 is 14.8 Å². The summed E-state index contributed by atoms with van der Waals surface area (Å²) in [6.45, 7) is 6.74. The van der Waals surface area contributed by atoms with Gasteiger partial charge in [-0.3, -0.25) is 5.41 Å². The van der Waals surface area contributed by atoms with Crippen LogP contribution in [0.3, 0.4) is 0 Å². The molecule has 2 N–H and O–H groups in total. The molecule has 2 heterocycles. The van der Waals surface area contributed by atoms with E-state index in [1.165, 1.54) is 0 Å². The average molecular weight is 305 g/mol. The number of nitrogens with zero attached hydrogens (tertiary/aromatic N) is 3. The predicted molar refractivity (Wildman–Crippen MR) is 85.0 cm³/mol. The Kier molecular flexibility index (Phi) is 4.01. The highest BCUT2D eigenvalue weighted by atomic mass is 16.7. The van der Waals surface area contributed by atoms with E-state index >= 15 is 0 Å². The van der Waals surface area contributed by atoms with Gasteiger partial charge in [-0.05, 0) is 26.5 Å². The lowest BCUT2D eigenvalue weighted by Crippen LogP contribution is -2.36. The second kappa shape index (κ2) is 5.81. The van der Waals surface area contributed by atoms with Crippen LogP contribution in [0.4, 0.5) is 5.82 Å². The monoisotopic (exact) mass is 305 g/mol. The molecule has 1 saturated heterocycles. The summed E-state index contributed by atoms with van der Waals surface area (Å²) in [5, 5.41) is 15.8. The van der Waals surface area contributed by atoms with Crippen molar-refractivity contribution in [1.82, 2.24) is 9.78 Å². The van der Waals surface area contributed by atoms with E-state index in [0.717, 1.165) is 42.8 Å². The zero-order chi connectivity index (χ0) is 15.7. The maximum absolute atomic E-state index is 7.96. The van der Waals surface area contributed by atoms with Crippen LogP contribution in [0.2, 0.25) is 0 Å². The Morgan fingerprint density at radius 2 is 2.05 bits per heavy atom. The number of aliphatic imine (C=N–C) groups is 1. The zero-order valence-electron chi connectivity index (χ0n) is 13.2. The topological polar surface area (TPSA) is 84.5 Å². The summed E-state index contributed by atoms with van der Waals surface area (Å²) in [6.07, 6.45) is 3.66. The molecule has 3 rings (SSSR count). The van der Waals surface area contributed by atoms with Crippen molar-refractivity contribution >= 4 is 18.4 Å². The van der Waals surface area contributed by atoms with Crippen molar-refractivity contribution in [3.05, 3.63) is 11.3 Å². The number of rotatable bonds is 3. The number of aromatic nitrogens is 2. The number of aryl methyl sites for hydroxylation is 1. The Labute approximate surface area is 130 Å². The Balaban J connectivity index is 1.83. The van der Waals surface area contributed by atoms with Gasteiger partial charge in [-0.2, -0.15) is 5.10 Å². The van der Waals surface area contributed by atoms with E-state index < -0.39 is 0 Å². The summed E-state index contributed by atoms with van der Waals surface area (Å²) < 4.78 is 13.6. The number of hydrogen-bond acceptors (Lipinski definition) is 5. The second-order valence-corrected chi connectivity index (χ2v) is 5.85. The molecule has 0 radical (unpaired) electrons. The molecule has 7 nitrogen and oxygen atoms in total. The Hall–Kier alpha value is -1.73. The molecule has 2 aliphatic rings. The van der Waals surface area contributed by atoms with Gasteiger partial charge in [0, 0.05) is 19.9 Å². The highest BCUT2D eigenvalue weighted by Crippen LogP contribution is 2.41. The number of ether oxygens (including phenoxy) is 2. The summed E-state index contributed by atoms with van der Waals surface area (Å²) >= 11 is 0. The first-order chi connectivity index (χ1) is 10.6. The van der Waals surface area contributed by atoms with E-state index in [1.54, 1.807) is 0 Å². The number of nitrogens with one attached hydrogen (secondary N) is 2. The fourth-order valence-electron chi connectivity index (χ4n) is 3.49. The van der Waals surface area contributed by atoms with Gasteiger partial charge in [0.15, 0.2) is 11.6 Å².